The number of hydrogen-bond donors (Lipinski definition) is 0. The molecule has 0 heterocycles. The molecular formula is C9H4Cl2F3IO. The van der Waals surface area contributed by atoms with E-state index in [1.165, 1.54) is 6.07 Å². The number of carbonyl (C=O) groups is 1. The van der Waals surface area contributed by atoms with E-state index in [2.05, 4.69) is 0 Å². The minimum Gasteiger partial charge on any atom is -0.293 e. The molecule has 1 rings (SSSR count). The molecule has 0 saturated heterocycles. The first-order valence-electron chi connectivity index (χ1n) is 3.93. The fourth-order valence-electron chi connectivity index (χ4n) is 1.13. The minimum atomic E-state index is -4.62. The van der Waals surface area contributed by atoms with Crippen LogP contribution >= 0.6 is 45.8 Å². The minimum absolute atomic E-state index is 0.207. The van der Waals surface area contributed by atoms with Crippen molar-refractivity contribution in [2.45, 2.75) is 6.18 Å². The van der Waals surface area contributed by atoms with Gasteiger partial charge in [-0.15, -0.1) is 11.6 Å². The lowest BCUT2D eigenvalue weighted by atomic mass is 10.0. The molecule has 7 heteroatoms. The van der Waals surface area contributed by atoms with E-state index < -0.39 is 29.0 Å². The van der Waals surface area contributed by atoms with Crippen LogP contribution in [-0.4, -0.2) is 11.7 Å². The Morgan fingerprint density at radius 3 is 2.38 bits per heavy atom. The molecule has 1 aromatic rings. The van der Waals surface area contributed by atoms with Crippen molar-refractivity contribution < 1.29 is 18.0 Å². The molecule has 88 valence electrons. The number of Topliss-reactive ketones (excluding diaryl/α,β-unsaturated/α-hetero) is 1. The van der Waals surface area contributed by atoms with Crippen LogP contribution in [0.3, 0.4) is 0 Å². The highest BCUT2D eigenvalue weighted by molar-refractivity contribution is 14.1. The van der Waals surface area contributed by atoms with E-state index in [4.69, 9.17) is 23.2 Å². The highest BCUT2D eigenvalue weighted by atomic mass is 127. The summed E-state index contributed by atoms with van der Waals surface area (Å²) in [5, 5.41) is -0.207. The number of carbonyl (C=O) groups excluding carboxylic acids is 1. The molecule has 0 saturated carbocycles. The summed E-state index contributed by atoms with van der Waals surface area (Å²) in [5.74, 6) is -1.37. The molecule has 0 N–H and O–H groups in total. The summed E-state index contributed by atoms with van der Waals surface area (Å²) in [6.07, 6.45) is -4.62. The van der Waals surface area contributed by atoms with Gasteiger partial charge in [0.05, 0.1) is 22.0 Å². The Morgan fingerprint density at radius 2 is 1.94 bits per heavy atom. The van der Waals surface area contributed by atoms with Crippen LogP contribution < -0.4 is 0 Å². The second-order valence-corrected chi connectivity index (χ2v) is 4.65. The molecule has 0 atom stereocenters. The molecule has 0 aliphatic carbocycles. The zero-order valence-electron chi connectivity index (χ0n) is 7.54. The summed E-state index contributed by atoms with van der Waals surface area (Å²) in [7, 11) is 0. The predicted molar refractivity (Wildman–Crippen MR) is 64.2 cm³/mol. The molecule has 0 aliphatic heterocycles. The Kier molecular flexibility index (Phi) is 4.48. The Bertz CT molecular complexity index is 431. The lowest BCUT2D eigenvalue weighted by molar-refractivity contribution is -0.137. The van der Waals surface area contributed by atoms with Crippen molar-refractivity contribution >= 4 is 51.6 Å². The summed E-state index contributed by atoms with van der Waals surface area (Å²) in [6, 6.07) is 2.03. The van der Waals surface area contributed by atoms with E-state index in [0.29, 0.717) is 3.57 Å². The molecule has 0 fully saturated rings. The first-order valence-corrected chi connectivity index (χ1v) is 5.92. The van der Waals surface area contributed by atoms with E-state index in [1.54, 1.807) is 22.6 Å². The van der Waals surface area contributed by atoms with Gasteiger partial charge in [0.25, 0.3) is 0 Å². The van der Waals surface area contributed by atoms with Crippen LogP contribution in [0, 0.1) is 3.57 Å². The maximum absolute atomic E-state index is 12.6. The van der Waals surface area contributed by atoms with Gasteiger partial charge >= 0.3 is 6.18 Å². The molecule has 0 aliphatic rings. The third-order valence-electron chi connectivity index (χ3n) is 1.80. The Balaban J connectivity index is 3.51. The van der Waals surface area contributed by atoms with Crippen molar-refractivity contribution in [1.82, 2.24) is 0 Å². The van der Waals surface area contributed by atoms with Gasteiger partial charge in [-0.2, -0.15) is 13.2 Å². The predicted octanol–water partition coefficient (Wildman–Crippen LogP) is 4.38. The summed E-state index contributed by atoms with van der Waals surface area (Å²) < 4.78 is 38.2. The molecule has 1 aromatic carbocycles. The molecule has 0 amide bonds. The molecule has 0 bridgehead atoms. The Hall–Kier alpha value is -0.0100. The molecular weight excluding hydrogens is 379 g/mol. The van der Waals surface area contributed by atoms with Gasteiger partial charge in [-0.25, -0.2) is 0 Å². The normalized spacial score (nSPS) is 11.6. The smallest absolute Gasteiger partial charge is 0.293 e. The molecule has 0 spiro atoms. The molecule has 0 radical (unpaired) electrons. The third-order valence-corrected chi connectivity index (χ3v) is 3.65. The van der Waals surface area contributed by atoms with E-state index in [-0.39, 0.29) is 5.02 Å². The van der Waals surface area contributed by atoms with Gasteiger partial charge < -0.3 is 0 Å². The number of hydrogen-bond acceptors (Lipinski definition) is 1. The standard InChI is InChI=1S/C9H4Cl2F3IO/c10-3-6(16)7-4(9(12,13)14)1-2-5(15)8(7)11/h1-2H,3H2. The number of halogens is 6. The Labute approximate surface area is 113 Å². The number of alkyl halides is 4. The lowest BCUT2D eigenvalue weighted by Gasteiger charge is -2.13. The summed E-state index contributed by atoms with van der Waals surface area (Å²) in [6.45, 7) is 0. The number of benzene rings is 1. The van der Waals surface area contributed by atoms with Crippen molar-refractivity contribution in [2.75, 3.05) is 5.88 Å². The number of rotatable bonds is 2. The second-order valence-electron chi connectivity index (χ2n) is 2.84. The maximum atomic E-state index is 12.6. The number of ketones is 1. The average Bonchev–Trinajstić information content (AvgIpc) is 2.19. The van der Waals surface area contributed by atoms with Crippen molar-refractivity contribution in [3.8, 4) is 0 Å². The van der Waals surface area contributed by atoms with Crippen molar-refractivity contribution in [1.29, 1.82) is 0 Å². The van der Waals surface area contributed by atoms with Crippen molar-refractivity contribution in [2.24, 2.45) is 0 Å². The first kappa shape index (κ1) is 14.1. The van der Waals surface area contributed by atoms with Crippen LogP contribution in [0.1, 0.15) is 15.9 Å². The summed E-state index contributed by atoms with van der Waals surface area (Å²) in [4.78, 5) is 11.3. The van der Waals surface area contributed by atoms with E-state index in [1.807, 2.05) is 0 Å². The fourth-order valence-corrected chi connectivity index (χ4v) is 1.98. The third kappa shape index (κ3) is 2.81. The monoisotopic (exact) mass is 382 g/mol. The quantitative estimate of drug-likeness (QED) is 0.421. The Morgan fingerprint density at radius 1 is 1.38 bits per heavy atom. The molecule has 0 unspecified atom stereocenters. The van der Waals surface area contributed by atoms with E-state index in [0.717, 1.165) is 6.07 Å². The molecule has 0 aromatic heterocycles. The highest BCUT2D eigenvalue weighted by Gasteiger charge is 2.36. The van der Waals surface area contributed by atoms with Gasteiger partial charge in [0.2, 0.25) is 0 Å². The largest absolute Gasteiger partial charge is 0.417 e. The van der Waals surface area contributed by atoms with Gasteiger partial charge in [0.15, 0.2) is 5.78 Å². The van der Waals surface area contributed by atoms with Crippen LogP contribution in [0.25, 0.3) is 0 Å². The van der Waals surface area contributed by atoms with Crippen LogP contribution in [0.4, 0.5) is 13.2 Å². The lowest BCUT2D eigenvalue weighted by Crippen LogP contribution is -2.15. The topological polar surface area (TPSA) is 17.1 Å². The van der Waals surface area contributed by atoms with Crippen molar-refractivity contribution in [3.63, 3.8) is 0 Å². The van der Waals surface area contributed by atoms with Gasteiger partial charge in [0.1, 0.15) is 0 Å². The van der Waals surface area contributed by atoms with E-state index in [9.17, 15) is 18.0 Å². The highest BCUT2D eigenvalue weighted by Crippen LogP contribution is 2.37. The SMILES string of the molecule is O=C(CCl)c1c(C(F)(F)F)ccc(I)c1Cl. The van der Waals surface area contributed by atoms with E-state index >= 15 is 0 Å². The summed E-state index contributed by atoms with van der Waals surface area (Å²) >= 11 is 12.7. The first-order chi connectivity index (χ1) is 7.29. The summed E-state index contributed by atoms with van der Waals surface area (Å²) in [5.41, 5.74) is -1.61. The maximum Gasteiger partial charge on any atom is 0.417 e. The van der Waals surface area contributed by atoms with Crippen LogP contribution in [0.5, 0.6) is 0 Å². The van der Waals surface area contributed by atoms with Gasteiger partial charge in [-0.05, 0) is 34.7 Å². The second kappa shape index (κ2) is 5.10. The van der Waals surface area contributed by atoms with Crippen molar-refractivity contribution in [3.05, 3.63) is 31.9 Å². The van der Waals surface area contributed by atoms with Gasteiger partial charge in [-0.1, -0.05) is 11.6 Å². The molecule has 1 nitrogen and oxygen atoms in total. The zero-order chi connectivity index (χ0) is 12.5. The van der Waals surface area contributed by atoms with Crippen LogP contribution in [-0.2, 0) is 6.18 Å². The van der Waals surface area contributed by atoms with Crippen LogP contribution in [0.15, 0.2) is 12.1 Å². The molecule has 16 heavy (non-hydrogen) atoms. The zero-order valence-corrected chi connectivity index (χ0v) is 11.2. The van der Waals surface area contributed by atoms with Gasteiger partial charge in [-0.3, -0.25) is 4.79 Å². The average molecular weight is 383 g/mol. The van der Waals surface area contributed by atoms with Gasteiger partial charge in [0, 0.05) is 3.57 Å². The van der Waals surface area contributed by atoms with Crippen LogP contribution in [0.2, 0.25) is 5.02 Å². The fraction of sp³-hybridized carbons (Fsp3) is 0.222.